The molecular weight excluding hydrogens is 344 g/mol. The van der Waals surface area contributed by atoms with Gasteiger partial charge < -0.3 is 10.1 Å². The van der Waals surface area contributed by atoms with Gasteiger partial charge in [0.15, 0.2) is 0 Å². The summed E-state index contributed by atoms with van der Waals surface area (Å²) in [6.07, 6.45) is 1.04. The van der Waals surface area contributed by atoms with Crippen molar-refractivity contribution < 1.29 is 9.53 Å². The Kier molecular flexibility index (Phi) is 6.89. The van der Waals surface area contributed by atoms with Crippen LogP contribution in [-0.4, -0.2) is 69.9 Å². The van der Waals surface area contributed by atoms with E-state index in [4.69, 9.17) is 4.74 Å². The first-order valence-corrected chi connectivity index (χ1v) is 9.53. The maximum Gasteiger partial charge on any atom is 0.243 e. The van der Waals surface area contributed by atoms with Crippen molar-refractivity contribution in [1.29, 1.82) is 0 Å². The van der Waals surface area contributed by atoms with Crippen LogP contribution in [0.4, 0.5) is 0 Å². The number of rotatable bonds is 8. The summed E-state index contributed by atoms with van der Waals surface area (Å²) in [4.78, 5) is 16.1. The molecule has 3 rings (SSSR count). The third-order valence-corrected chi connectivity index (χ3v) is 4.61. The number of morpholine rings is 1. The van der Waals surface area contributed by atoms with Crippen molar-refractivity contribution in [3.05, 3.63) is 30.3 Å². The number of hydrogen-bond acceptors (Lipinski definition) is 6. The van der Waals surface area contributed by atoms with Crippen LogP contribution in [-0.2, 0) is 16.1 Å². The summed E-state index contributed by atoms with van der Waals surface area (Å²) in [6, 6.07) is 9.93. The van der Waals surface area contributed by atoms with E-state index in [1.165, 1.54) is 4.80 Å². The van der Waals surface area contributed by atoms with Crippen LogP contribution in [0.5, 0.6) is 0 Å². The normalized spacial score (nSPS) is 16.4. The molecule has 8 nitrogen and oxygen atoms in total. The van der Waals surface area contributed by atoms with Gasteiger partial charge in [0, 0.05) is 31.2 Å². The lowest BCUT2D eigenvalue weighted by molar-refractivity contribution is -0.122. The lowest BCUT2D eigenvalue weighted by atomic mass is 10.0. The fourth-order valence-electron chi connectivity index (χ4n) is 3.28. The number of aromatic nitrogens is 4. The molecule has 8 heteroatoms. The third kappa shape index (κ3) is 5.83. The Balaban J connectivity index is 1.52. The number of ether oxygens (including phenoxy) is 1. The van der Waals surface area contributed by atoms with Crippen molar-refractivity contribution >= 4 is 5.91 Å². The zero-order valence-electron chi connectivity index (χ0n) is 16.0. The molecule has 2 heterocycles. The second-order valence-electron chi connectivity index (χ2n) is 7.25. The van der Waals surface area contributed by atoms with Gasteiger partial charge in [0.2, 0.25) is 11.7 Å². The lowest BCUT2D eigenvalue weighted by Gasteiger charge is -2.35. The number of nitrogens with one attached hydrogen (secondary N) is 1. The van der Waals surface area contributed by atoms with Crippen LogP contribution >= 0.6 is 0 Å². The minimum Gasteiger partial charge on any atom is -0.379 e. The number of carbonyl (C=O) groups excluding carboxylic acids is 1. The summed E-state index contributed by atoms with van der Waals surface area (Å²) in [6.45, 7) is 8.45. The molecule has 1 N–H and O–H groups in total. The molecule has 1 aliphatic heterocycles. The SMILES string of the molecule is CC(C)CC(CNC(=O)Cn1nnc(-c2ccccc2)n1)N1CCOCC1. The van der Waals surface area contributed by atoms with E-state index in [1.54, 1.807) is 0 Å². The molecule has 1 aliphatic rings. The van der Waals surface area contributed by atoms with Crippen LogP contribution in [0.2, 0.25) is 0 Å². The summed E-state index contributed by atoms with van der Waals surface area (Å²) in [5.74, 6) is 0.989. The second-order valence-corrected chi connectivity index (χ2v) is 7.25. The molecule has 1 saturated heterocycles. The molecule has 1 aromatic carbocycles. The number of carbonyl (C=O) groups is 1. The minimum atomic E-state index is -0.103. The fraction of sp³-hybridized carbons (Fsp3) is 0.579. The van der Waals surface area contributed by atoms with Gasteiger partial charge in [0.1, 0.15) is 6.54 Å². The Morgan fingerprint density at radius 2 is 1.96 bits per heavy atom. The quantitative estimate of drug-likeness (QED) is 0.750. The van der Waals surface area contributed by atoms with Crippen molar-refractivity contribution in [2.24, 2.45) is 5.92 Å². The molecule has 0 spiro atoms. The Morgan fingerprint density at radius 3 is 2.67 bits per heavy atom. The van der Waals surface area contributed by atoms with Gasteiger partial charge in [0.05, 0.1) is 13.2 Å². The molecule has 1 atom stereocenters. The first-order valence-electron chi connectivity index (χ1n) is 9.53. The molecule has 0 saturated carbocycles. The molecule has 0 aliphatic carbocycles. The van der Waals surface area contributed by atoms with Gasteiger partial charge in [0.25, 0.3) is 0 Å². The maximum atomic E-state index is 12.3. The van der Waals surface area contributed by atoms with E-state index < -0.39 is 0 Å². The molecule has 1 aromatic heterocycles. The summed E-state index contributed by atoms with van der Waals surface area (Å²) in [5, 5.41) is 15.3. The zero-order valence-corrected chi connectivity index (χ0v) is 16.0. The van der Waals surface area contributed by atoms with Gasteiger partial charge in [-0.1, -0.05) is 44.2 Å². The first-order chi connectivity index (χ1) is 13.1. The van der Waals surface area contributed by atoms with Crippen LogP contribution in [0.3, 0.4) is 0 Å². The van der Waals surface area contributed by atoms with E-state index in [9.17, 15) is 4.79 Å². The predicted octanol–water partition coefficient (Wildman–Crippen LogP) is 1.20. The predicted molar refractivity (Wildman–Crippen MR) is 102 cm³/mol. The number of tetrazole rings is 1. The van der Waals surface area contributed by atoms with E-state index in [0.29, 0.717) is 24.3 Å². The standard InChI is InChI=1S/C19H28N6O2/c1-15(2)12-17(24-8-10-27-11-9-24)13-20-18(26)14-25-22-19(21-23-25)16-6-4-3-5-7-16/h3-7,15,17H,8-14H2,1-2H3,(H,20,26). The molecule has 27 heavy (non-hydrogen) atoms. The van der Waals surface area contributed by atoms with Crippen molar-refractivity contribution in [1.82, 2.24) is 30.4 Å². The summed E-state index contributed by atoms with van der Waals surface area (Å²) in [5.41, 5.74) is 0.883. The van der Waals surface area contributed by atoms with Gasteiger partial charge >= 0.3 is 0 Å². The highest BCUT2D eigenvalue weighted by Crippen LogP contribution is 2.13. The van der Waals surface area contributed by atoms with E-state index in [0.717, 1.165) is 38.3 Å². The van der Waals surface area contributed by atoms with Gasteiger partial charge in [-0.3, -0.25) is 9.69 Å². The molecule has 0 radical (unpaired) electrons. The second kappa shape index (κ2) is 9.57. The largest absolute Gasteiger partial charge is 0.379 e. The summed E-state index contributed by atoms with van der Waals surface area (Å²) >= 11 is 0. The molecule has 2 aromatic rings. The Morgan fingerprint density at radius 1 is 1.22 bits per heavy atom. The highest BCUT2D eigenvalue weighted by atomic mass is 16.5. The Labute approximate surface area is 159 Å². The molecule has 1 amide bonds. The molecule has 1 fully saturated rings. The highest BCUT2D eigenvalue weighted by Gasteiger charge is 2.22. The molecule has 146 valence electrons. The van der Waals surface area contributed by atoms with Crippen LogP contribution in [0.25, 0.3) is 11.4 Å². The summed E-state index contributed by atoms with van der Waals surface area (Å²) < 4.78 is 5.44. The maximum absolute atomic E-state index is 12.3. The van der Waals surface area contributed by atoms with Crippen molar-refractivity contribution in [2.75, 3.05) is 32.8 Å². The van der Waals surface area contributed by atoms with Crippen molar-refractivity contribution in [3.63, 3.8) is 0 Å². The lowest BCUT2D eigenvalue weighted by Crippen LogP contribution is -2.49. The highest BCUT2D eigenvalue weighted by molar-refractivity contribution is 5.75. The Bertz CT molecular complexity index is 712. The topological polar surface area (TPSA) is 85.2 Å². The average molecular weight is 372 g/mol. The van der Waals surface area contributed by atoms with Crippen LogP contribution in [0.1, 0.15) is 20.3 Å². The van der Waals surface area contributed by atoms with Gasteiger partial charge in [-0.25, -0.2) is 0 Å². The number of hydrogen-bond donors (Lipinski definition) is 1. The first kappa shape index (κ1) is 19.4. The van der Waals surface area contributed by atoms with Gasteiger partial charge in [-0.2, -0.15) is 4.80 Å². The van der Waals surface area contributed by atoms with E-state index in [1.807, 2.05) is 30.3 Å². The van der Waals surface area contributed by atoms with E-state index >= 15 is 0 Å². The molecule has 1 unspecified atom stereocenters. The number of nitrogens with zero attached hydrogens (tertiary/aromatic N) is 5. The monoisotopic (exact) mass is 372 g/mol. The average Bonchev–Trinajstić information content (AvgIpc) is 3.14. The zero-order chi connectivity index (χ0) is 19.1. The van der Waals surface area contributed by atoms with Crippen LogP contribution < -0.4 is 5.32 Å². The minimum absolute atomic E-state index is 0.0668. The molecular formula is C19H28N6O2. The van der Waals surface area contributed by atoms with E-state index in [-0.39, 0.29) is 12.5 Å². The number of benzene rings is 1. The van der Waals surface area contributed by atoms with Crippen molar-refractivity contribution in [3.8, 4) is 11.4 Å². The third-order valence-electron chi connectivity index (χ3n) is 4.61. The number of amides is 1. The fourth-order valence-corrected chi connectivity index (χ4v) is 3.28. The van der Waals surface area contributed by atoms with E-state index in [2.05, 4.69) is 39.5 Å². The van der Waals surface area contributed by atoms with Crippen molar-refractivity contribution in [2.45, 2.75) is 32.9 Å². The molecule has 0 bridgehead atoms. The Hall–Kier alpha value is -2.32. The van der Waals surface area contributed by atoms with Gasteiger partial charge in [-0.05, 0) is 17.6 Å². The summed E-state index contributed by atoms with van der Waals surface area (Å²) in [7, 11) is 0. The van der Waals surface area contributed by atoms with Crippen LogP contribution in [0.15, 0.2) is 30.3 Å². The smallest absolute Gasteiger partial charge is 0.243 e. The van der Waals surface area contributed by atoms with Gasteiger partial charge in [-0.15, -0.1) is 10.2 Å². The van der Waals surface area contributed by atoms with Crippen LogP contribution in [0, 0.1) is 5.92 Å².